The molecule has 0 spiro atoms. The van der Waals surface area contributed by atoms with Crippen molar-refractivity contribution in [2.24, 2.45) is 0 Å². The van der Waals surface area contributed by atoms with Gasteiger partial charge in [0.2, 0.25) is 0 Å². The highest BCUT2D eigenvalue weighted by molar-refractivity contribution is 6.34. The molecule has 1 atom stereocenters. The van der Waals surface area contributed by atoms with E-state index in [1.54, 1.807) is 39.0 Å². The summed E-state index contributed by atoms with van der Waals surface area (Å²) in [6.07, 6.45) is -0.672. The maximum atomic E-state index is 11.8. The first-order valence-electron chi connectivity index (χ1n) is 6.04. The second kappa shape index (κ2) is 6.46. The van der Waals surface area contributed by atoms with Crippen molar-refractivity contribution in [1.82, 2.24) is 5.32 Å². The molecule has 1 rings (SSSR count). The van der Waals surface area contributed by atoms with Gasteiger partial charge in [-0.25, -0.2) is 4.79 Å². The van der Waals surface area contributed by atoms with Crippen molar-refractivity contribution in [2.75, 3.05) is 0 Å². The lowest BCUT2D eigenvalue weighted by Gasteiger charge is -2.23. The van der Waals surface area contributed by atoms with Gasteiger partial charge in [-0.15, -0.1) is 0 Å². The van der Waals surface area contributed by atoms with Crippen LogP contribution in [-0.4, -0.2) is 17.5 Å². The molecule has 1 unspecified atom stereocenters. The van der Waals surface area contributed by atoms with Crippen LogP contribution < -0.4 is 5.32 Å². The summed E-state index contributed by atoms with van der Waals surface area (Å²) in [5, 5.41) is 3.30. The molecular weight excluding hydrogens is 301 g/mol. The summed E-state index contributed by atoms with van der Waals surface area (Å²) < 4.78 is 5.13. The van der Waals surface area contributed by atoms with Gasteiger partial charge >= 0.3 is 6.09 Å². The van der Waals surface area contributed by atoms with E-state index in [2.05, 4.69) is 5.32 Å². The van der Waals surface area contributed by atoms with Crippen molar-refractivity contribution in [2.45, 2.75) is 39.3 Å². The van der Waals surface area contributed by atoms with Crippen LogP contribution in [-0.2, 0) is 9.53 Å². The van der Waals surface area contributed by atoms with Crippen LogP contribution in [0.5, 0.6) is 0 Å². The van der Waals surface area contributed by atoms with Gasteiger partial charge in [-0.05, 0) is 51.5 Å². The molecule has 1 aromatic rings. The van der Waals surface area contributed by atoms with Crippen LogP contribution in [0.4, 0.5) is 4.79 Å². The van der Waals surface area contributed by atoms with Crippen LogP contribution in [0.25, 0.3) is 0 Å². The standard InChI is InChI=1S/C14H17Cl2NO3/c1-8(18)12(17-13(19)20-14(2,3)4)9-5-10(15)7-11(16)6-9/h5-7,12H,1-4H3,(H,17,19). The predicted molar refractivity (Wildman–Crippen MR) is 79.3 cm³/mol. The molecule has 1 amide bonds. The quantitative estimate of drug-likeness (QED) is 0.911. The van der Waals surface area contributed by atoms with Crippen molar-refractivity contribution in [3.63, 3.8) is 0 Å². The third-order valence-corrected chi connectivity index (χ3v) is 2.72. The first-order chi connectivity index (χ1) is 9.08. The fraction of sp³-hybridized carbons (Fsp3) is 0.429. The summed E-state index contributed by atoms with van der Waals surface area (Å²) in [5.41, 5.74) is -0.127. The highest BCUT2D eigenvalue weighted by Crippen LogP contribution is 2.24. The van der Waals surface area contributed by atoms with Crippen LogP contribution in [0.1, 0.15) is 39.3 Å². The fourth-order valence-electron chi connectivity index (χ4n) is 1.59. The Balaban J connectivity index is 2.95. The minimum atomic E-state index is -0.846. The number of hydrogen-bond donors (Lipinski definition) is 1. The highest BCUT2D eigenvalue weighted by Gasteiger charge is 2.23. The molecule has 1 aromatic carbocycles. The predicted octanol–water partition coefficient (Wildman–Crippen LogP) is 4.15. The normalized spacial score (nSPS) is 12.7. The summed E-state index contributed by atoms with van der Waals surface area (Å²) in [6, 6.07) is 3.87. The Hall–Kier alpha value is -1.26. The lowest BCUT2D eigenvalue weighted by Crippen LogP contribution is -2.37. The minimum absolute atomic E-state index is 0.241. The van der Waals surface area contributed by atoms with Crippen molar-refractivity contribution in [3.05, 3.63) is 33.8 Å². The third kappa shape index (κ3) is 5.39. The summed E-state index contributed by atoms with van der Waals surface area (Å²) in [4.78, 5) is 23.5. The second-order valence-electron chi connectivity index (χ2n) is 5.39. The van der Waals surface area contributed by atoms with Gasteiger partial charge in [0.25, 0.3) is 0 Å². The van der Waals surface area contributed by atoms with Gasteiger partial charge in [0.15, 0.2) is 5.78 Å². The van der Waals surface area contributed by atoms with E-state index in [9.17, 15) is 9.59 Å². The van der Waals surface area contributed by atoms with Crippen LogP contribution in [0.15, 0.2) is 18.2 Å². The molecule has 0 aliphatic carbocycles. The molecule has 20 heavy (non-hydrogen) atoms. The van der Waals surface area contributed by atoms with E-state index >= 15 is 0 Å². The van der Waals surface area contributed by atoms with E-state index in [0.29, 0.717) is 15.6 Å². The number of alkyl carbamates (subject to hydrolysis) is 1. The molecule has 0 saturated carbocycles. The molecular formula is C14H17Cl2NO3. The largest absolute Gasteiger partial charge is 0.444 e. The Labute approximate surface area is 128 Å². The van der Waals surface area contributed by atoms with Crippen molar-refractivity contribution >= 4 is 35.1 Å². The molecule has 1 N–H and O–H groups in total. The van der Waals surface area contributed by atoms with Gasteiger partial charge in [-0.1, -0.05) is 23.2 Å². The van der Waals surface area contributed by atoms with Gasteiger partial charge in [0.1, 0.15) is 11.6 Å². The maximum absolute atomic E-state index is 11.8. The van der Waals surface area contributed by atoms with E-state index in [0.717, 1.165) is 0 Å². The molecule has 0 fully saturated rings. The van der Waals surface area contributed by atoms with Gasteiger partial charge in [0, 0.05) is 10.0 Å². The summed E-state index contributed by atoms with van der Waals surface area (Å²) in [7, 11) is 0. The number of rotatable bonds is 3. The number of hydrogen-bond acceptors (Lipinski definition) is 3. The van der Waals surface area contributed by atoms with Crippen molar-refractivity contribution in [1.29, 1.82) is 0 Å². The van der Waals surface area contributed by atoms with Gasteiger partial charge < -0.3 is 10.1 Å². The second-order valence-corrected chi connectivity index (χ2v) is 6.27. The average molecular weight is 318 g/mol. The number of Topliss-reactive ketones (excluding diaryl/α,β-unsaturated/α-hetero) is 1. The topological polar surface area (TPSA) is 55.4 Å². The van der Waals surface area contributed by atoms with E-state index in [1.165, 1.54) is 6.92 Å². The zero-order chi connectivity index (χ0) is 15.5. The minimum Gasteiger partial charge on any atom is -0.444 e. The number of carbonyl (C=O) groups excluding carboxylic acids is 2. The fourth-order valence-corrected chi connectivity index (χ4v) is 2.13. The zero-order valence-electron chi connectivity index (χ0n) is 11.8. The van der Waals surface area contributed by atoms with Crippen LogP contribution in [0.3, 0.4) is 0 Å². The monoisotopic (exact) mass is 317 g/mol. The first kappa shape index (κ1) is 16.8. The Morgan fingerprint density at radius 1 is 1.15 bits per heavy atom. The Kier molecular flexibility index (Phi) is 5.42. The van der Waals surface area contributed by atoms with E-state index in [-0.39, 0.29) is 5.78 Å². The van der Waals surface area contributed by atoms with Crippen molar-refractivity contribution in [3.8, 4) is 0 Å². The average Bonchev–Trinajstić information content (AvgIpc) is 2.21. The summed E-state index contributed by atoms with van der Waals surface area (Å²) >= 11 is 11.8. The smallest absolute Gasteiger partial charge is 0.408 e. The van der Waals surface area contributed by atoms with Crippen LogP contribution in [0, 0.1) is 0 Å². The SMILES string of the molecule is CC(=O)C(NC(=O)OC(C)(C)C)c1cc(Cl)cc(Cl)c1. The number of nitrogens with one attached hydrogen (secondary N) is 1. The molecule has 0 aromatic heterocycles. The molecule has 0 heterocycles. The van der Waals surface area contributed by atoms with Gasteiger partial charge in [-0.2, -0.15) is 0 Å². The number of benzene rings is 1. The number of ether oxygens (including phenoxy) is 1. The Morgan fingerprint density at radius 3 is 2.05 bits per heavy atom. The molecule has 0 radical (unpaired) electrons. The Bertz CT molecular complexity index is 503. The number of halogens is 2. The van der Waals surface area contributed by atoms with Crippen LogP contribution >= 0.6 is 23.2 Å². The number of amides is 1. The first-order valence-corrected chi connectivity index (χ1v) is 6.80. The highest BCUT2D eigenvalue weighted by atomic mass is 35.5. The van der Waals surface area contributed by atoms with Gasteiger partial charge in [-0.3, -0.25) is 4.79 Å². The van der Waals surface area contributed by atoms with Gasteiger partial charge in [0.05, 0.1) is 0 Å². The third-order valence-electron chi connectivity index (χ3n) is 2.29. The zero-order valence-corrected chi connectivity index (χ0v) is 13.3. The Morgan fingerprint density at radius 2 is 1.65 bits per heavy atom. The lowest BCUT2D eigenvalue weighted by molar-refractivity contribution is -0.119. The molecule has 0 aliphatic rings. The maximum Gasteiger partial charge on any atom is 0.408 e. The summed E-state index contributed by atoms with van der Waals surface area (Å²) in [6.45, 7) is 6.60. The summed E-state index contributed by atoms with van der Waals surface area (Å²) in [5.74, 6) is -0.241. The number of carbonyl (C=O) groups is 2. The molecule has 6 heteroatoms. The lowest BCUT2D eigenvalue weighted by atomic mass is 10.0. The van der Waals surface area contributed by atoms with Crippen LogP contribution in [0.2, 0.25) is 10.0 Å². The molecule has 0 bridgehead atoms. The van der Waals surface area contributed by atoms with Crippen molar-refractivity contribution < 1.29 is 14.3 Å². The van der Waals surface area contributed by atoms with E-state index in [1.807, 2.05) is 0 Å². The molecule has 110 valence electrons. The molecule has 4 nitrogen and oxygen atoms in total. The molecule has 0 saturated heterocycles. The van der Waals surface area contributed by atoms with E-state index < -0.39 is 17.7 Å². The van der Waals surface area contributed by atoms with E-state index in [4.69, 9.17) is 27.9 Å². The molecule has 0 aliphatic heterocycles. The number of ketones is 1.